The maximum atomic E-state index is 12.4. The number of nitrogens with two attached hydrogens (primary N) is 1. The highest BCUT2D eigenvalue weighted by Gasteiger charge is 2.37. The van der Waals surface area contributed by atoms with Crippen molar-refractivity contribution in [2.24, 2.45) is 22.7 Å². The van der Waals surface area contributed by atoms with Gasteiger partial charge < -0.3 is 20.9 Å². The van der Waals surface area contributed by atoms with Gasteiger partial charge in [-0.05, 0) is 18.8 Å². The summed E-state index contributed by atoms with van der Waals surface area (Å²) in [6.07, 6.45) is 2.21. The molecule has 1 aliphatic heterocycles. The van der Waals surface area contributed by atoms with Gasteiger partial charge in [0.1, 0.15) is 0 Å². The van der Waals surface area contributed by atoms with E-state index in [1.165, 1.54) is 0 Å². The molecule has 1 heterocycles. The number of aliphatic hydroxyl groups excluding tert-OH is 1. The Labute approximate surface area is 107 Å². The Bertz CT molecular complexity index is 320. The molecule has 0 aromatic heterocycles. The number of aliphatic hydroxyl groups is 1. The van der Waals surface area contributed by atoms with Crippen LogP contribution in [0.4, 0.5) is 0 Å². The number of likely N-dealkylation sites (tertiary alicyclic amines) is 1. The molecule has 1 rings (SSSR count). The summed E-state index contributed by atoms with van der Waals surface area (Å²) >= 11 is 0. The van der Waals surface area contributed by atoms with Crippen LogP contribution in [0.15, 0.2) is 5.16 Å². The molecule has 3 unspecified atom stereocenters. The molecule has 0 saturated carbocycles. The Balaban J connectivity index is 2.83. The zero-order valence-electron chi connectivity index (χ0n) is 11.0. The van der Waals surface area contributed by atoms with Crippen molar-refractivity contribution in [2.45, 2.75) is 39.2 Å². The van der Waals surface area contributed by atoms with Crippen LogP contribution >= 0.6 is 0 Å². The molecule has 4 N–H and O–H groups in total. The van der Waals surface area contributed by atoms with E-state index >= 15 is 0 Å². The Morgan fingerprint density at radius 3 is 2.78 bits per heavy atom. The fourth-order valence-electron chi connectivity index (χ4n) is 2.52. The summed E-state index contributed by atoms with van der Waals surface area (Å²) in [5, 5.41) is 21.1. The highest BCUT2D eigenvalue weighted by molar-refractivity contribution is 6.02. The molecule has 3 atom stereocenters. The van der Waals surface area contributed by atoms with Crippen LogP contribution in [0.5, 0.6) is 0 Å². The molecule has 1 aliphatic rings. The van der Waals surface area contributed by atoms with E-state index in [1.807, 2.05) is 13.8 Å². The standard InChI is InChI=1S/C12H23N3O3/c1-3-4-9(11(13)14-18)12(17)15-6-5-8(2)10(15)7-16/h8-10,16,18H,3-7H2,1-2H3,(H2,13,14). The lowest BCUT2D eigenvalue weighted by atomic mass is 9.99. The lowest BCUT2D eigenvalue weighted by Crippen LogP contribution is -2.46. The smallest absolute Gasteiger partial charge is 0.233 e. The lowest BCUT2D eigenvalue weighted by Gasteiger charge is -2.28. The van der Waals surface area contributed by atoms with Crippen molar-refractivity contribution in [3.63, 3.8) is 0 Å². The summed E-state index contributed by atoms with van der Waals surface area (Å²) in [6, 6.07) is -0.150. The van der Waals surface area contributed by atoms with E-state index in [2.05, 4.69) is 5.16 Å². The topological polar surface area (TPSA) is 99.2 Å². The third kappa shape index (κ3) is 2.93. The second kappa shape index (κ2) is 6.58. The third-order valence-corrected chi connectivity index (χ3v) is 3.70. The number of amidine groups is 1. The summed E-state index contributed by atoms with van der Waals surface area (Å²) in [5.41, 5.74) is 5.58. The van der Waals surface area contributed by atoms with E-state index in [9.17, 15) is 9.90 Å². The third-order valence-electron chi connectivity index (χ3n) is 3.70. The number of hydrogen-bond acceptors (Lipinski definition) is 4. The van der Waals surface area contributed by atoms with Gasteiger partial charge in [-0.15, -0.1) is 0 Å². The van der Waals surface area contributed by atoms with Crippen molar-refractivity contribution in [3.05, 3.63) is 0 Å². The second-order valence-electron chi connectivity index (χ2n) is 4.91. The Hall–Kier alpha value is -1.30. The molecule has 18 heavy (non-hydrogen) atoms. The number of oxime groups is 1. The van der Waals surface area contributed by atoms with Gasteiger partial charge in [-0.1, -0.05) is 25.4 Å². The van der Waals surface area contributed by atoms with Crippen LogP contribution in [-0.2, 0) is 4.79 Å². The van der Waals surface area contributed by atoms with Gasteiger partial charge in [-0.3, -0.25) is 4.79 Å². The summed E-state index contributed by atoms with van der Waals surface area (Å²) < 4.78 is 0. The quantitative estimate of drug-likeness (QED) is 0.287. The number of carbonyl (C=O) groups excluding carboxylic acids is 1. The summed E-state index contributed by atoms with van der Waals surface area (Å²) in [4.78, 5) is 14.1. The van der Waals surface area contributed by atoms with Crippen molar-refractivity contribution in [1.82, 2.24) is 4.90 Å². The van der Waals surface area contributed by atoms with Crippen LogP contribution in [0, 0.1) is 11.8 Å². The minimum absolute atomic E-state index is 0.0398. The van der Waals surface area contributed by atoms with Gasteiger partial charge in [0.2, 0.25) is 5.91 Å². The van der Waals surface area contributed by atoms with Crippen LogP contribution < -0.4 is 5.73 Å². The van der Waals surface area contributed by atoms with Crippen LogP contribution in [-0.4, -0.2) is 46.1 Å². The largest absolute Gasteiger partial charge is 0.409 e. The molecule has 0 aliphatic carbocycles. The maximum absolute atomic E-state index is 12.4. The summed E-state index contributed by atoms with van der Waals surface area (Å²) in [5.74, 6) is -0.485. The average Bonchev–Trinajstić information content (AvgIpc) is 2.75. The number of rotatable bonds is 5. The Kier molecular flexibility index (Phi) is 5.40. The van der Waals surface area contributed by atoms with E-state index in [0.29, 0.717) is 13.0 Å². The number of nitrogens with zero attached hydrogens (tertiary/aromatic N) is 2. The summed E-state index contributed by atoms with van der Waals surface area (Å²) in [7, 11) is 0. The second-order valence-corrected chi connectivity index (χ2v) is 4.91. The highest BCUT2D eigenvalue weighted by atomic mass is 16.4. The van der Waals surface area contributed by atoms with Crippen LogP contribution in [0.3, 0.4) is 0 Å². The minimum atomic E-state index is -0.584. The molecule has 0 aromatic carbocycles. The molecule has 1 fully saturated rings. The van der Waals surface area contributed by atoms with Crippen molar-refractivity contribution >= 4 is 11.7 Å². The molecule has 6 heteroatoms. The van der Waals surface area contributed by atoms with Gasteiger partial charge in [-0.25, -0.2) is 0 Å². The van der Waals surface area contributed by atoms with Crippen LogP contribution in [0.1, 0.15) is 33.1 Å². The lowest BCUT2D eigenvalue weighted by molar-refractivity contribution is -0.135. The molecule has 0 spiro atoms. The van der Waals surface area contributed by atoms with Gasteiger partial charge in [0.05, 0.1) is 18.6 Å². The molecule has 1 amide bonds. The average molecular weight is 257 g/mol. The van der Waals surface area contributed by atoms with Gasteiger partial charge in [0.25, 0.3) is 0 Å². The van der Waals surface area contributed by atoms with Crippen LogP contribution in [0.25, 0.3) is 0 Å². The predicted molar refractivity (Wildman–Crippen MR) is 68.2 cm³/mol. The molecule has 0 aromatic rings. The van der Waals surface area contributed by atoms with E-state index in [-0.39, 0.29) is 30.3 Å². The molecule has 6 nitrogen and oxygen atoms in total. The molecular weight excluding hydrogens is 234 g/mol. The highest BCUT2D eigenvalue weighted by Crippen LogP contribution is 2.26. The first-order valence-corrected chi connectivity index (χ1v) is 6.45. The molecule has 104 valence electrons. The monoisotopic (exact) mass is 257 g/mol. The zero-order valence-corrected chi connectivity index (χ0v) is 11.0. The van der Waals surface area contributed by atoms with E-state index in [1.54, 1.807) is 4.90 Å². The van der Waals surface area contributed by atoms with E-state index in [0.717, 1.165) is 12.8 Å². The Morgan fingerprint density at radius 1 is 1.61 bits per heavy atom. The number of hydrogen-bond donors (Lipinski definition) is 3. The van der Waals surface area contributed by atoms with Crippen molar-refractivity contribution < 1.29 is 15.1 Å². The summed E-state index contributed by atoms with van der Waals surface area (Å²) in [6.45, 7) is 4.56. The fourth-order valence-corrected chi connectivity index (χ4v) is 2.52. The maximum Gasteiger partial charge on any atom is 0.233 e. The Morgan fingerprint density at radius 2 is 2.28 bits per heavy atom. The normalized spacial score (nSPS) is 26.4. The molecular formula is C12H23N3O3. The molecule has 0 radical (unpaired) electrons. The first-order chi connectivity index (χ1) is 8.56. The number of amides is 1. The van der Waals surface area contributed by atoms with Crippen molar-refractivity contribution in [3.8, 4) is 0 Å². The van der Waals surface area contributed by atoms with E-state index < -0.39 is 5.92 Å². The van der Waals surface area contributed by atoms with E-state index in [4.69, 9.17) is 10.9 Å². The predicted octanol–water partition coefficient (Wildman–Crippen LogP) is 0.378. The van der Waals surface area contributed by atoms with Crippen molar-refractivity contribution in [2.75, 3.05) is 13.2 Å². The van der Waals surface area contributed by atoms with Gasteiger partial charge in [-0.2, -0.15) is 0 Å². The van der Waals surface area contributed by atoms with Crippen LogP contribution in [0.2, 0.25) is 0 Å². The zero-order chi connectivity index (χ0) is 13.7. The first-order valence-electron chi connectivity index (χ1n) is 6.45. The van der Waals surface area contributed by atoms with Crippen molar-refractivity contribution in [1.29, 1.82) is 0 Å². The first kappa shape index (κ1) is 14.8. The molecule has 0 bridgehead atoms. The minimum Gasteiger partial charge on any atom is -0.409 e. The number of carbonyl (C=O) groups is 1. The fraction of sp³-hybridized carbons (Fsp3) is 0.833. The van der Waals surface area contributed by atoms with Gasteiger partial charge >= 0.3 is 0 Å². The van der Waals surface area contributed by atoms with Gasteiger partial charge in [0.15, 0.2) is 5.84 Å². The van der Waals surface area contributed by atoms with Gasteiger partial charge in [0, 0.05) is 6.54 Å². The molecule has 1 saturated heterocycles. The SMILES string of the molecule is CCCC(C(=O)N1CCC(C)C1CO)C(N)=NO.